The van der Waals surface area contributed by atoms with Crippen molar-refractivity contribution in [1.29, 1.82) is 0 Å². The van der Waals surface area contributed by atoms with Gasteiger partial charge in [0, 0.05) is 38.4 Å². The van der Waals surface area contributed by atoms with Crippen LogP contribution in [0.5, 0.6) is 0 Å². The zero-order valence-electron chi connectivity index (χ0n) is 14.2. The number of alkyl halides is 3. The summed E-state index contributed by atoms with van der Waals surface area (Å²) in [6, 6.07) is 0.893. The Morgan fingerprint density at radius 2 is 2.08 bits per heavy atom. The summed E-state index contributed by atoms with van der Waals surface area (Å²) in [5, 5.41) is 2.91. The molecule has 0 spiro atoms. The van der Waals surface area contributed by atoms with Crippen LogP contribution in [0, 0.1) is 5.92 Å². The van der Waals surface area contributed by atoms with Gasteiger partial charge < -0.3 is 15.0 Å². The number of nitrogens with one attached hydrogen (secondary N) is 1. The Labute approximate surface area is 154 Å². The molecule has 0 saturated carbocycles. The lowest BCUT2D eigenvalue weighted by Gasteiger charge is -2.32. The number of hydrogen-bond acceptors (Lipinski definition) is 4. The van der Waals surface area contributed by atoms with Crippen molar-refractivity contribution in [2.24, 2.45) is 5.92 Å². The van der Waals surface area contributed by atoms with Crippen molar-refractivity contribution in [3.63, 3.8) is 0 Å². The van der Waals surface area contributed by atoms with Crippen LogP contribution in [0.25, 0.3) is 0 Å². The Hall–Kier alpha value is -1.54. The SMILES string of the molecule is O=C(NCC1CCCO1)C1CCN(c2ncc(C(F)(F)F)cc2Cl)CC1. The second kappa shape index (κ2) is 8.00. The summed E-state index contributed by atoms with van der Waals surface area (Å²) in [5.41, 5.74) is -0.866. The van der Waals surface area contributed by atoms with Crippen molar-refractivity contribution >= 4 is 23.3 Å². The van der Waals surface area contributed by atoms with E-state index >= 15 is 0 Å². The van der Waals surface area contributed by atoms with E-state index in [9.17, 15) is 18.0 Å². The fraction of sp³-hybridized carbons (Fsp3) is 0.647. The van der Waals surface area contributed by atoms with E-state index in [0.717, 1.165) is 31.7 Å². The number of carbonyl (C=O) groups excluding carboxylic acids is 1. The third kappa shape index (κ3) is 4.59. The molecule has 2 aliphatic heterocycles. The summed E-state index contributed by atoms with van der Waals surface area (Å²) in [7, 11) is 0. The summed E-state index contributed by atoms with van der Waals surface area (Å²) < 4.78 is 43.6. The molecule has 5 nitrogen and oxygen atoms in total. The van der Waals surface area contributed by atoms with Gasteiger partial charge in [0.2, 0.25) is 5.91 Å². The topological polar surface area (TPSA) is 54.5 Å². The Bertz CT molecular complexity index is 643. The van der Waals surface area contributed by atoms with Crippen LogP contribution in [-0.4, -0.2) is 43.2 Å². The third-order valence-electron chi connectivity index (χ3n) is 4.84. The van der Waals surface area contributed by atoms with Gasteiger partial charge in [-0.05, 0) is 31.7 Å². The number of aromatic nitrogens is 1. The fourth-order valence-corrected chi connectivity index (χ4v) is 3.62. The highest BCUT2D eigenvalue weighted by Gasteiger charge is 2.33. The van der Waals surface area contributed by atoms with Crippen molar-refractivity contribution < 1.29 is 22.7 Å². The number of hydrogen-bond donors (Lipinski definition) is 1. The fourth-order valence-electron chi connectivity index (χ4n) is 3.34. The molecule has 1 aromatic heterocycles. The normalized spacial score (nSPS) is 21.8. The zero-order chi connectivity index (χ0) is 18.7. The summed E-state index contributed by atoms with van der Waals surface area (Å²) in [6.07, 6.45) is -0.358. The lowest BCUT2D eigenvalue weighted by atomic mass is 9.95. The molecular formula is C17H21ClF3N3O2. The molecule has 0 radical (unpaired) electrons. The number of amides is 1. The zero-order valence-corrected chi connectivity index (χ0v) is 14.9. The van der Waals surface area contributed by atoms with Gasteiger partial charge in [-0.25, -0.2) is 4.98 Å². The summed E-state index contributed by atoms with van der Waals surface area (Å²) in [5.74, 6) is 0.227. The predicted molar refractivity (Wildman–Crippen MR) is 91.2 cm³/mol. The maximum absolute atomic E-state index is 12.7. The molecule has 1 aromatic rings. The van der Waals surface area contributed by atoms with Gasteiger partial charge >= 0.3 is 6.18 Å². The van der Waals surface area contributed by atoms with Crippen LogP contribution >= 0.6 is 11.6 Å². The van der Waals surface area contributed by atoms with Crippen molar-refractivity contribution in [2.75, 3.05) is 31.1 Å². The van der Waals surface area contributed by atoms with E-state index in [-0.39, 0.29) is 23.0 Å². The van der Waals surface area contributed by atoms with Crippen LogP contribution in [0.1, 0.15) is 31.2 Å². The minimum atomic E-state index is -4.47. The number of piperidine rings is 1. The summed E-state index contributed by atoms with van der Waals surface area (Å²) in [6.45, 7) is 2.33. The number of nitrogens with zero attached hydrogens (tertiary/aromatic N) is 2. The molecule has 1 amide bonds. The molecule has 9 heteroatoms. The summed E-state index contributed by atoms with van der Waals surface area (Å²) in [4.78, 5) is 18.0. The van der Waals surface area contributed by atoms with E-state index in [1.165, 1.54) is 0 Å². The molecule has 1 unspecified atom stereocenters. The quantitative estimate of drug-likeness (QED) is 0.856. The number of ether oxygens (including phenoxy) is 1. The van der Waals surface area contributed by atoms with Gasteiger partial charge in [-0.2, -0.15) is 13.2 Å². The van der Waals surface area contributed by atoms with Crippen molar-refractivity contribution in [2.45, 2.75) is 38.0 Å². The first kappa shape index (κ1) is 19.2. The number of halogens is 4. The maximum atomic E-state index is 12.7. The number of carbonyl (C=O) groups is 1. The van der Waals surface area contributed by atoms with E-state index in [2.05, 4.69) is 10.3 Å². The first-order valence-corrected chi connectivity index (χ1v) is 9.09. The average Bonchev–Trinajstić information content (AvgIpc) is 3.12. The highest BCUT2D eigenvalue weighted by atomic mass is 35.5. The van der Waals surface area contributed by atoms with Crippen molar-refractivity contribution in [3.8, 4) is 0 Å². The number of anilines is 1. The molecule has 2 fully saturated rings. The highest BCUT2D eigenvalue weighted by molar-refractivity contribution is 6.33. The highest BCUT2D eigenvalue weighted by Crippen LogP contribution is 2.34. The van der Waals surface area contributed by atoms with Gasteiger partial charge in [0.25, 0.3) is 0 Å². The van der Waals surface area contributed by atoms with Crippen LogP contribution in [0.2, 0.25) is 5.02 Å². The van der Waals surface area contributed by atoms with Gasteiger partial charge in [0.05, 0.1) is 16.7 Å². The predicted octanol–water partition coefficient (Wildman–Crippen LogP) is 3.27. The van der Waals surface area contributed by atoms with Crippen LogP contribution in [-0.2, 0) is 15.7 Å². The Kier molecular flexibility index (Phi) is 5.92. The second-order valence-electron chi connectivity index (χ2n) is 6.67. The molecule has 0 aliphatic carbocycles. The molecule has 1 atom stereocenters. The van der Waals surface area contributed by atoms with E-state index < -0.39 is 11.7 Å². The molecule has 3 heterocycles. The Morgan fingerprint density at radius 1 is 1.35 bits per heavy atom. The first-order valence-electron chi connectivity index (χ1n) is 8.71. The maximum Gasteiger partial charge on any atom is 0.417 e. The summed E-state index contributed by atoms with van der Waals surface area (Å²) >= 11 is 5.99. The third-order valence-corrected chi connectivity index (χ3v) is 5.12. The minimum Gasteiger partial charge on any atom is -0.376 e. The Balaban J connectivity index is 1.52. The van der Waals surface area contributed by atoms with Crippen LogP contribution < -0.4 is 10.2 Å². The van der Waals surface area contributed by atoms with Crippen molar-refractivity contribution in [3.05, 3.63) is 22.8 Å². The van der Waals surface area contributed by atoms with E-state index in [0.29, 0.717) is 38.3 Å². The molecule has 144 valence electrons. The van der Waals surface area contributed by atoms with Gasteiger partial charge in [0.1, 0.15) is 5.82 Å². The van der Waals surface area contributed by atoms with Gasteiger partial charge in [0.15, 0.2) is 0 Å². The lowest BCUT2D eigenvalue weighted by Crippen LogP contribution is -2.42. The number of rotatable bonds is 4. The van der Waals surface area contributed by atoms with E-state index in [4.69, 9.17) is 16.3 Å². The molecule has 26 heavy (non-hydrogen) atoms. The minimum absolute atomic E-state index is 0.00613. The molecule has 3 rings (SSSR count). The van der Waals surface area contributed by atoms with E-state index in [1.807, 2.05) is 4.90 Å². The lowest BCUT2D eigenvalue weighted by molar-refractivity contribution is -0.137. The molecule has 0 bridgehead atoms. The molecule has 0 aromatic carbocycles. The van der Waals surface area contributed by atoms with Gasteiger partial charge in [-0.15, -0.1) is 0 Å². The molecular weight excluding hydrogens is 371 g/mol. The largest absolute Gasteiger partial charge is 0.417 e. The Morgan fingerprint density at radius 3 is 2.65 bits per heavy atom. The van der Waals surface area contributed by atoms with Crippen LogP contribution in [0.4, 0.5) is 19.0 Å². The van der Waals surface area contributed by atoms with Crippen LogP contribution in [0.3, 0.4) is 0 Å². The monoisotopic (exact) mass is 391 g/mol. The molecule has 1 N–H and O–H groups in total. The molecule has 2 saturated heterocycles. The van der Waals surface area contributed by atoms with E-state index in [1.54, 1.807) is 0 Å². The number of pyridine rings is 1. The smallest absolute Gasteiger partial charge is 0.376 e. The average molecular weight is 392 g/mol. The van der Waals surface area contributed by atoms with Crippen LogP contribution in [0.15, 0.2) is 12.3 Å². The second-order valence-corrected chi connectivity index (χ2v) is 7.08. The standard InChI is InChI=1S/C17H21ClF3N3O2/c18-14-8-12(17(19,20)21)9-22-15(14)24-5-3-11(4-6-24)16(25)23-10-13-2-1-7-26-13/h8-9,11,13H,1-7,10H2,(H,23,25). The van der Waals surface area contributed by atoms with Crippen molar-refractivity contribution in [1.82, 2.24) is 10.3 Å². The van der Waals surface area contributed by atoms with Gasteiger partial charge in [-0.3, -0.25) is 4.79 Å². The van der Waals surface area contributed by atoms with Gasteiger partial charge in [-0.1, -0.05) is 11.6 Å². The molecule has 2 aliphatic rings. The first-order chi connectivity index (χ1) is 12.3.